The summed E-state index contributed by atoms with van der Waals surface area (Å²) in [4.78, 5) is 25.8. The van der Waals surface area contributed by atoms with Crippen molar-refractivity contribution in [2.45, 2.75) is 26.4 Å². The van der Waals surface area contributed by atoms with Gasteiger partial charge >= 0.3 is 0 Å². The van der Waals surface area contributed by atoms with Crippen LogP contribution in [0.3, 0.4) is 0 Å². The van der Waals surface area contributed by atoms with E-state index in [1.807, 2.05) is 0 Å². The molecule has 0 radical (unpaired) electrons. The summed E-state index contributed by atoms with van der Waals surface area (Å²) in [6, 6.07) is 4.11. The fourth-order valence-electron chi connectivity index (χ4n) is 2.83. The molecule has 6 nitrogen and oxygen atoms in total. The number of pyridine rings is 1. The monoisotopic (exact) mass is 349 g/mol. The Bertz CT molecular complexity index is 875. The molecule has 132 valence electrons. The maximum absolute atomic E-state index is 13.5. The third-order valence-corrected chi connectivity index (χ3v) is 4.05. The van der Waals surface area contributed by atoms with Gasteiger partial charge in [0.2, 0.25) is 5.43 Å². The molecule has 25 heavy (non-hydrogen) atoms. The third kappa shape index (κ3) is 3.07. The number of hydrogen-bond acceptors (Lipinski definition) is 4. The molecule has 1 N–H and O–H groups in total. The van der Waals surface area contributed by atoms with Crippen LogP contribution in [0.15, 0.2) is 35.3 Å². The van der Waals surface area contributed by atoms with Crippen molar-refractivity contribution >= 4 is 5.91 Å². The lowest BCUT2D eigenvalue weighted by Gasteiger charge is -2.41. The van der Waals surface area contributed by atoms with Gasteiger partial charge in [-0.3, -0.25) is 19.3 Å². The van der Waals surface area contributed by atoms with Gasteiger partial charge in [0.05, 0.1) is 6.54 Å². The van der Waals surface area contributed by atoms with Crippen molar-refractivity contribution < 1.29 is 18.7 Å². The number of fused-ring (bicyclic) bond motifs is 1. The molecule has 1 amide bonds. The zero-order valence-electron chi connectivity index (χ0n) is 13.7. The van der Waals surface area contributed by atoms with E-state index in [0.29, 0.717) is 5.56 Å². The van der Waals surface area contributed by atoms with Crippen molar-refractivity contribution in [2.75, 3.05) is 11.7 Å². The molecule has 1 aliphatic heterocycles. The second-order valence-electron chi connectivity index (χ2n) is 6.17. The Kier molecular flexibility index (Phi) is 4.20. The Morgan fingerprint density at radius 2 is 1.80 bits per heavy atom. The molecular weight excluding hydrogens is 332 g/mol. The van der Waals surface area contributed by atoms with Gasteiger partial charge < -0.3 is 10.0 Å². The van der Waals surface area contributed by atoms with Gasteiger partial charge in [-0.1, -0.05) is 0 Å². The zero-order valence-corrected chi connectivity index (χ0v) is 13.7. The van der Waals surface area contributed by atoms with Crippen molar-refractivity contribution in [1.82, 2.24) is 9.58 Å². The first-order valence-electron chi connectivity index (χ1n) is 7.73. The minimum absolute atomic E-state index is 0.0838. The van der Waals surface area contributed by atoms with Crippen LogP contribution in [0.2, 0.25) is 0 Å². The summed E-state index contributed by atoms with van der Waals surface area (Å²) in [6.45, 7) is 3.82. The molecule has 0 atom stereocenters. The molecule has 1 aliphatic rings. The van der Waals surface area contributed by atoms with Crippen LogP contribution in [0.5, 0.6) is 5.75 Å². The number of carbonyl (C=O) groups excluding carboxylic acids is 1. The summed E-state index contributed by atoms with van der Waals surface area (Å²) < 4.78 is 28.2. The van der Waals surface area contributed by atoms with Gasteiger partial charge in [-0.05, 0) is 31.5 Å². The average Bonchev–Trinajstić information content (AvgIpc) is 2.51. The maximum Gasteiger partial charge on any atom is 0.278 e. The summed E-state index contributed by atoms with van der Waals surface area (Å²) in [5, 5.41) is 11.7. The molecule has 0 spiro atoms. The van der Waals surface area contributed by atoms with Crippen molar-refractivity contribution in [2.24, 2.45) is 0 Å². The molecule has 0 saturated heterocycles. The minimum atomic E-state index is -0.702. The number of rotatable bonds is 3. The second-order valence-corrected chi connectivity index (χ2v) is 6.17. The number of halogens is 2. The highest BCUT2D eigenvalue weighted by Gasteiger charge is 2.33. The van der Waals surface area contributed by atoms with E-state index in [4.69, 9.17) is 0 Å². The van der Waals surface area contributed by atoms with Crippen LogP contribution in [0.4, 0.5) is 8.78 Å². The highest BCUT2D eigenvalue weighted by atomic mass is 19.1. The number of aromatic nitrogens is 1. The van der Waals surface area contributed by atoms with Crippen molar-refractivity contribution in [3.05, 3.63) is 63.6 Å². The Morgan fingerprint density at radius 1 is 1.16 bits per heavy atom. The summed E-state index contributed by atoms with van der Waals surface area (Å²) in [5.41, 5.74) is -0.467. The first-order valence-corrected chi connectivity index (χ1v) is 7.73. The van der Waals surface area contributed by atoms with E-state index in [1.165, 1.54) is 27.9 Å². The van der Waals surface area contributed by atoms with Gasteiger partial charge in [0.15, 0.2) is 11.4 Å². The van der Waals surface area contributed by atoms with E-state index in [9.17, 15) is 23.5 Å². The van der Waals surface area contributed by atoms with E-state index in [-0.39, 0.29) is 24.9 Å². The Hall–Kier alpha value is -2.90. The minimum Gasteiger partial charge on any atom is -0.502 e. The van der Waals surface area contributed by atoms with Crippen molar-refractivity contribution in [3.63, 3.8) is 0 Å². The molecule has 8 heteroatoms. The highest BCUT2D eigenvalue weighted by Crippen LogP contribution is 2.22. The topological polar surface area (TPSA) is 65.8 Å². The molecule has 0 bridgehead atoms. The Balaban J connectivity index is 2.08. The predicted molar refractivity (Wildman–Crippen MR) is 86.8 cm³/mol. The normalized spacial score (nSPS) is 14.2. The van der Waals surface area contributed by atoms with Crippen molar-refractivity contribution in [1.29, 1.82) is 0 Å². The van der Waals surface area contributed by atoms with Crippen LogP contribution in [-0.4, -0.2) is 33.3 Å². The van der Waals surface area contributed by atoms with E-state index in [1.54, 1.807) is 18.9 Å². The first-order chi connectivity index (χ1) is 11.8. The molecule has 1 aromatic carbocycles. The van der Waals surface area contributed by atoms with Gasteiger partial charge in [0, 0.05) is 24.4 Å². The first kappa shape index (κ1) is 16.9. The number of carbonyl (C=O) groups is 1. The number of nitrogens with zero attached hydrogens (tertiary/aromatic N) is 3. The van der Waals surface area contributed by atoms with Crippen LogP contribution < -0.4 is 10.4 Å². The maximum atomic E-state index is 13.5. The quantitative estimate of drug-likeness (QED) is 0.918. The molecule has 1 aromatic heterocycles. The number of hydrogen-bond donors (Lipinski definition) is 1. The summed E-state index contributed by atoms with van der Waals surface area (Å²) >= 11 is 0. The molecule has 0 aliphatic carbocycles. The van der Waals surface area contributed by atoms with Gasteiger partial charge in [0.25, 0.3) is 5.91 Å². The molecule has 0 unspecified atom stereocenters. The molecular formula is C17H17F2N3O3. The molecule has 0 saturated carbocycles. The summed E-state index contributed by atoms with van der Waals surface area (Å²) in [5.74, 6) is -2.53. The van der Waals surface area contributed by atoms with Crippen LogP contribution in [-0.2, 0) is 6.54 Å². The standard InChI is InChI=1S/C17H17F2N3O3/c1-10(2)21-9-20(8-11-5-12(18)7-13(19)6-11)22-4-3-14(23)16(24)15(22)17(21)25/h3-7,10,24H,8-9H2,1-2H3. The van der Waals surface area contributed by atoms with E-state index in [0.717, 1.165) is 12.1 Å². The van der Waals surface area contributed by atoms with Crippen LogP contribution in [0.25, 0.3) is 0 Å². The summed E-state index contributed by atoms with van der Waals surface area (Å²) in [7, 11) is 0. The number of aromatic hydroxyl groups is 1. The number of amides is 1. The van der Waals surface area contributed by atoms with E-state index < -0.39 is 28.7 Å². The van der Waals surface area contributed by atoms with Crippen molar-refractivity contribution in [3.8, 4) is 5.75 Å². The molecule has 3 rings (SSSR count). The average molecular weight is 349 g/mol. The largest absolute Gasteiger partial charge is 0.502 e. The molecule has 0 fully saturated rings. The van der Waals surface area contributed by atoms with Gasteiger partial charge in [-0.15, -0.1) is 0 Å². The van der Waals surface area contributed by atoms with Crippen LogP contribution in [0, 0.1) is 11.6 Å². The van der Waals surface area contributed by atoms with Gasteiger partial charge in [-0.2, -0.15) is 0 Å². The Labute approximate surface area is 142 Å². The second kappa shape index (κ2) is 6.19. The Morgan fingerprint density at radius 3 is 2.40 bits per heavy atom. The third-order valence-electron chi connectivity index (χ3n) is 4.05. The SMILES string of the molecule is CC(C)N1CN(Cc2cc(F)cc(F)c2)n2ccc(=O)c(O)c2C1=O. The highest BCUT2D eigenvalue weighted by molar-refractivity contribution is 5.96. The lowest BCUT2D eigenvalue weighted by molar-refractivity contribution is 0.0627. The smallest absolute Gasteiger partial charge is 0.278 e. The van der Waals surface area contributed by atoms with E-state index >= 15 is 0 Å². The van der Waals surface area contributed by atoms with Gasteiger partial charge in [-0.25, -0.2) is 8.78 Å². The molecule has 2 aromatic rings. The fraction of sp³-hybridized carbons (Fsp3) is 0.294. The lowest BCUT2D eigenvalue weighted by Crippen LogP contribution is -2.55. The fourth-order valence-corrected chi connectivity index (χ4v) is 2.83. The number of benzene rings is 1. The summed E-state index contributed by atoms with van der Waals surface area (Å²) in [6.07, 6.45) is 1.36. The van der Waals surface area contributed by atoms with Crippen LogP contribution in [0.1, 0.15) is 29.9 Å². The predicted octanol–water partition coefficient (Wildman–Crippen LogP) is 1.79. The zero-order chi connectivity index (χ0) is 18.3. The van der Waals surface area contributed by atoms with Gasteiger partial charge in [0.1, 0.15) is 18.3 Å². The molecule has 2 heterocycles. The van der Waals surface area contributed by atoms with E-state index in [2.05, 4.69) is 0 Å². The van der Waals surface area contributed by atoms with Crippen LogP contribution >= 0.6 is 0 Å². The lowest BCUT2D eigenvalue weighted by atomic mass is 10.2.